The Hall–Kier alpha value is -1.60. The molecule has 1 saturated heterocycles. The number of hydrogen-bond acceptors (Lipinski definition) is 5. The minimum absolute atomic E-state index is 0.0912. The molecule has 0 atom stereocenters. The number of amides is 1. The third-order valence-electron chi connectivity index (χ3n) is 2.91. The van der Waals surface area contributed by atoms with Gasteiger partial charge in [-0.05, 0) is 11.4 Å². The van der Waals surface area contributed by atoms with Gasteiger partial charge in [0, 0.05) is 26.2 Å². The van der Waals surface area contributed by atoms with Crippen LogP contribution in [0.15, 0.2) is 22.7 Å². The van der Waals surface area contributed by atoms with Gasteiger partial charge in [0.05, 0.1) is 11.4 Å². The molecule has 1 aliphatic rings. The molecule has 7 heteroatoms. The molecule has 1 aromatic heterocycles. The van der Waals surface area contributed by atoms with Crippen LogP contribution in [0.1, 0.15) is 9.67 Å². The van der Waals surface area contributed by atoms with Gasteiger partial charge in [-0.15, -0.1) is 11.3 Å². The van der Waals surface area contributed by atoms with Gasteiger partial charge in [0.15, 0.2) is 5.84 Å². The predicted molar refractivity (Wildman–Crippen MR) is 70.1 cm³/mol. The molecule has 0 spiro atoms. The van der Waals surface area contributed by atoms with E-state index in [4.69, 9.17) is 10.9 Å². The number of piperazine rings is 1. The Labute approximate surface area is 109 Å². The van der Waals surface area contributed by atoms with E-state index in [0.29, 0.717) is 19.6 Å². The largest absolute Gasteiger partial charge is 0.409 e. The summed E-state index contributed by atoms with van der Waals surface area (Å²) in [6.45, 7) is 3.28. The van der Waals surface area contributed by atoms with Gasteiger partial charge in [-0.3, -0.25) is 9.69 Å². The first-order valence-electron chi connectivity index (χ1n) is 5.72. The number of nitrogens with zero attached hydrogens (tertiary/aromatic N) is 3. The van der Waals surface area contributed by atoms with Crippen LogP contribution in [0.4, 0.5) is 0 Å². The summed E-state index contributed by atoms with van der Waals surface area (Å²) in [6.07, 6.45) is 0. The van der Waals surface area contributed by atoms with Crippen LogP contribution < -0.4 is 5.73 Å². The Morgan fingerprint density at radius 1 is 1.44 bits per heavy atom. The van der Waals surface area contributed by atoms with E-state index < -0.39 is 0 Å². The minimum Gasteiger partial charge on any atom is -0.409 e. The second kappa shape index (κ2) is 5.83. The maximum Gasteiger partial charge on any atom is 0.264 e. The summed E-state index contributed by atoms with van der Waals surface area (Å²) in [4.78, 5) is 16.8. The van der Waals surface area contributed by atoms with E-state index in [2.05, 4.69) is 10.1 Å². The fourth-order valence-electron chi connectivity index (χ4n) is 1.93. The van der Waals surface area contributed by atoms with E-state index in [0.717, 1.165) is 18.0 Å². The molecule has 1 amide bonds. The second-order valence-corrected chi connectivity index (χ2v) is 5.08. The number of hydrogen-bond donors (Lipinski definition) is 2. The Bertz CT molecular complexity index is 424. The molecule has 3 N–H and O–H groups in total. The maximum absolute atomic E-state index is 12.1. The molecule has 0 bridgehead atoms. The Balaban J connectivity index is 1.85. The molecule has 0 saturated carbocycles. The lowest BCUT2D eigenvalue weighted by Gasteiger charge is -2.34. The maximum atomic E-state index is 12.1. The SMILES string of the molecule is NC(CN1CCN(C(=O)c2cccs2)CC1)=NO. The highest BCUT2D eigenvalue weighted by Gasteiger charge is 2.22. The van der Waals surface area contributed by atoms with Crippen LogP contribution in [0.2, 0.25) is 0 Å². The van der Waals surface area contributed by atoms with Gasteiger partial charge < -0.3 is 15.8 Å². The topological polar surface area (TPSA) is 82.2 Å². The van der Waals surface area contributed by atoms with E-state index in [1.165, 1.54) is 11.3 Å². The number of rotatable bonds is 3. The summed E-state index contributed by atoms with van der Waals surface area (Å²) in [6, 6.07) is 3.72. The summed E-state index contributed by atoms with van der Waals surface area (Å²) in [7, 11) is 0. The number of carbonyl (C=O) groups is 1. The lowest BCUT2D eigenvalue weighted by molar-refractivity contribution is 0.0658. The third-order valence-corrected chi connectivity index (χ3v) is 3.76. The molecule has 18 heavy (non-hydrogen) atoms. The van der Waals surface area contributed by atoms with Crippen molar-refractivity contribution in [2.45, 2.75) is 0 Å². The van der Waals surface area contributed by atoms with Crippen molar-refractivity contribution in [2.75, 3.05) is 32.7 Å². The second-order valence-electron chi connectivity index (χ2n) is 4.14. The molecule has 0 aromatic carbocycles. The molecule has 0 aliphatic carbocycles. The number of amidine groups is 1. The third kappa shape index (κ3) is 2.99. The van der Waals surface area contributed by atoms with E-state index >= 15 is 0 Å². The highest BCUT2D eigenvalue weighted by Crippen LogP contribution is 2.13. The first-order valence-corrected chi connectivity index (χ1v) is 6.60. The smallest absolute Gasteiger partial charge is 0.264 e. The van der Waals surface area contributed by atoms with Gasteiger partial charge in [0.25, 0.3) is 5.91 Å². The van der Waals surface area contributed by atoms with Crippen molar-refractivity contribution in [1.82, 2.24) is 9.80 Å². The zero-order valence-corrected chi connectivity index (χ0v) is 10.8. The predicted octanol–water partition coefficient (Wildman–Crippen LogP) is 0.252. The van der Waals surface area contributed by atoms with Crippen LogP contribution in [0.25, 0.3) is 0 Å². The van der Waals surface area contributed by atoms with Gasteiger partial charge >= 0.3 is 0 Å². The number of nitrogens with two attached hydrogens (primary N) is 1. The molecule has 1 aliphatic heterocycles. The fourth-order valence-corrected chi connectivity index (χ4v) is 2.62. The molecule has 2 heterocycles. The van der Waals surface area contributed by atoms with Gasteiger partial charge in [-0.1, -0.05) is 11.2 Å². The average Bonchev–Trinajstić information content (AvgIpc) is 2.92. The first kappa shape index (κ1) is 12.8. The van der Waals surface area contributed by atoms with Crippen LogP contribution in [-0.4, -0.2) is 59.5 Å². The van der Waals surface area contributed by atoms with E-state index in [-0.39, 0.29) is 11.7 Å². The Morgan fingerprint density at radius 2 is 2.17 bits per heavy atom. The molecular weight excluding hydrogens is 252 g/mol. The number of thiophene rings is 1. The highest BCUT2D eigenvalue weighted by molar-refractivity contribution is 7.12. The minimum atomic E-state index is 0.0912. The molecule has 0 radical (unpaired) electrons. The fraction of sp³-hybridized carbons (Fsp3) is 0.455. The molecule has 0 unspecified atom stereocenters. The summed E-state index contributed by atoms with van der Waals surface area (Å²) in [5.74, 6) is 0.293. The monoisotopic (exact) mass is 268 g/mol. The quantitative estimate of drug-likeness (QED) is 0.356. The van der Waals surface area contributed by atoms with Gasteiger partial charge in [0.2, 0.25) is 0 Å². The van der Waals surface area contributed by atoms with E-state index in [1.54, 1.807) is 0 Å². The van der Waals surface area contributed by atoms with E-state index in [9.17, 15) is 4.79 Å². The summed E-state index contributed by atoms with van der Waals surface area (Å²) in [5, 5.41) is 13.4. The number of carbonyl (C=O) groups excluding carboxylic acids is 1. The van der Waals surface area contributed by atoms with Crippen molar-refractivity contribution < 1.29 is 10.0 Å². The summed E-state index contributed by atoms with van der Waals surface area (Å²) < 4.78 is 0. The average molecular weight is 268 g/mol. The summed E-state index contributed by atoms with van der Waals surface area (Å²) >= 11 is 1.46. The molecular formula is C11H16N4O2S. The zero-order valence-electron chi connectivity index (χ0n) is 9.95. The van der Waals surface area contributed by atoms with Crippen molar-refractivity contribution in [3.8, 4) is 0 Å². The van der Waals surface area contributed by atoms with Crippen LogP contribution in [0, 0.1) is 0 Å². The molecule has 6 nitrogen and oxygen atoms in total. The molecule has 1 fully saturated rings. The number of oxime groups is 1. The molecule has 2 rings (SSSR count). The van der Waals surface area contributed by atoms with Crippen molar-refractivity contribution in [2.24, 2.45) is 10.9 Å². The van der Waals surface area contributed by atoms with Crippen molar-refractivity contribution in [3.05, 3.63) is 22.4 Å². The van der Waals surface area contributed by atoms with Gasteiger partial charge in [-0.25, -0.2) is 0 Å². The van der Waals surface area contributed by atoms with E-state index in [1.807, 2.05) is 22.4 Å². The Kier molecular flexibility index (Phi) is 4.16. The molecule has 1 aromatic rings. The van der Waals surface area contributed by atoms with Crippen molar-refractivity contribution in [3.63, 3.8) is 0 Å². The Morgan fingerprint density at radius 3 is 2.72 bits per heavy atom. The lowest BCUT2D eigenvalue weighted by atomic mass is 10.3. The zero-order chi connectivity index (χ0) is 13.0. The van der Waals surface area contributed by atoms with Crippen LogP contribution in [-0.2, 0) is 0 Å². The highest BCUT2D eigenvalue weighted by atomic mass is 32.1. The van der Waals surface area contributed by atoms with Crippen molar-refractivity contribution >= 4 is 23.1 Å². The van der Waals surface area contributed by atoms with Gasteiger partial charge in [0.1, 0.15) is 0 Å². The van der Waals surface area contributed by atoms with Crippen molar-refractivity contribution in [1.29, 1.82) is 0 Å². The summed E-state index contributed by atoms with van der Waals surface area (Å²) in [5.41, 5.74) is 5.45. The van der Waals surface area contributed by atoms with Crippen LogP contribution in [0.3, 0.4) is 0 Å². The van der Waals surface area contributed by atoms with Gasteiger partial charge in [-0.2, -0.15) is 0 Å². The normalized spacial score (nSPS) is 18.0. The van der Waals surface area contributed by atoms with Crippen LogP contribution >= 0.6 is 11.3 Å². The lowest BCUT2D eigenvalue weighted by Crippen LogP contribution is -2.50. The molecule has 98 valence electrons. The van der Waals surface area contributed by atoms with Crippen LogP contribution in [0.5, 0.6) is 0 Å². The first-order chi connectivity index (χ1) is 8.70. The standard InChI is InChI=1S/C11H16N4O2S/c12-10(13-17)8-14-3-5-15(6-4-14)11(16)9-2-1-7-18-9/h1-2,7,17H,3-6,8H2,(H2,12,13).